The molecule has 0 unspecified atom stereocenters. The van der Waals surface area contributed by atoms with Crippen molar-refractivity contribution in [3.63, 3.8) is 0 Å². The van der Waals surface area contributed by atoms with Gasteiger partial charge in [0, 0.05) is 39.3 Å². The largest absolute Gasteiger partial charge is 0.492 e. The van der Waals surface area contributed by atoms with Gasteiger partial charge >= 0.3 is 0 Å². The van der Waals surface area contributed by atoms with Crippen LogP contribution in [0.1, 0.15) is 29.2 Å². The Hall–Kier alpha value is -2.64. The molecule has 0 atom stereocenters. The Kier molecular flexibility index (Phi) is 9.99. The zero-order chi connectivity index (χ0) is 25.2. The highest BCUT2D eigenvalue weighted by atomic mass is 16.5. The summed E-state index contributed by atoms with van der Waals surface area (Å²) in [6.45, 7) is 18.7. The SMILES string of the molecule is C=Cc1ccc(OCCN2CCOCC2)cc1/C(C)=C\c1ccc(OCCN2CCOCC2)cc1C. The van der Waals surface area contributed by atoms with Crippen molar-refractivity contribution in [1.29, 1.82) is 0 Å². The molecule has 6 heteroatoms. The van der Waals surface area contributed by atoms with E-state index < -0.39 is 0 Å². The lowest BCUT2D eigenvalue weighted by molar-refractivity contribution is 0.0321. The highest BCUT2D eigenvalue weighted by Crippen LogP contribution is 2.28. The topological polar surface area (TPSA) is 43.4 Å². The standard InChI is InChI=1S/C30H40N2O4/c1-4-26-5-7-29(36-20-14-32-11-17-34-18-12-32)23-30(26)25(3)21-27-6-8-28(22-24(27)2)35-19-13-31-9-15-33-16-10-31/h4-8,21-23H,1,9-20H2,2-3H3/b25-21-. The maximum atomic E-state index is 6.10. The predicted octanol–water partition coefficient (Wildman–Crippen LogP) is 4.62. The molecule has 0 spiro atoms. The molecule has 194 valence electrons. The normalized spacial score (nSPS) is 17.7. The Bertz CT molecular complexity index is 1020. The molecule has 0 aliphatic carbocycles. The minimum atomic E-state index is 0.668. The molecule has 36 heavy (non-hydrogen) atoms. The summed E-state index contributed by atoms with van der Waals surface area (Å²) in [6, 6.07) is 12.6. The van der Waals surface area contributed by atoms with E-state index in [4.69, 9.17) is 18.9 Å². The van der Waals surface area contributed by atoms with Crippen molar-refractivity contribution < 1.29 is 18.9 Å². The molecule has 0 bridgehead atoms. The molecule has 6 nitrogen and oxygen atoms in total. The van der Waals surface area contributed by atoms with Gasteiger partial charge in [0.1, 0.15) is 24.7 Å². The van der Waals surface area contributed by atoms with Crippen molar-refractivity contribution in [2.75, 3.05) is 78.9 Å². The van der Waals surface area contributed by atoms with E-state index >= 15 is 0 Å². The van der Waals surface area contributed by atoms with Gasteiger partial charge in [-0.3, -0.25) is 9.80 Å². The van der Waals surface area contributed by atoms with Crippen LogP contribution in [0.4, 0.5) is 0 Å². The summed E-state index contributed by atoms with van der Waals surface area (Å²) >= 11 is 0. The molecule has 0 saturated carbocycles. The summed E-state index contributed by atoms with van der Waals surface area (Å²) in [6.07, 6.45) is 4.13. The molecule has 2 heterocycles. The van der Waals surface area contributed by atoms with Gasteiger partial charge in [-0.25, -0.2) is 0 Å². The summed E-state index contributed by atoms with van der Waals surface area (Å²) < 4.78 is 23.0. The van der Waals surface area contributed by atoms with Crippen LogP contribution in [0.25, 0.3) is 17.7 Å². The Morgan fingerprint density at radius 1 is 0.833 bits per heavy atom. The third-order valence-corrected chi connectivity index (χ3v) is 6.84. The van der Waals surface area contributed by atoms with Crippen molar-refractivity contribution in [2.24, 2.45) is 0 Å². The number of benzene rings is 2. The fourth-order valence-corrected chi connectivity index (χ4v) is 4.59. The molecule has 2 saturated heterocycles. The fourth-order valence-electron chi connectivity index (χ4n) is 4.59. The highest BCUT2D eigenvalue weighted by Gasteiger charge is 2.12. The van der Waals surface area contributed by atoms with Crippen molar-refractivity contribution in [3.8, 4) is 11.5 Å². The molecule has 4 rings (SSSR count). The number of aryl methyl sites for hydroxylation is 1. The van der Waals surface area contributed by atoms with Crippen LogP contribution >= 0.6 is 0 Å². The van der Waals surface area contributed by atoms with E-state index in [1.807, 2.05) is 12.1 Å². The van der Waals surface area contributed by atoms with Gasteiger partial charge in [0.25, 0.3) is 0 Å². The van der Waals surface area contributed by atoms with Crippen LogP contribution in [0, 0.1) is 6.92 Å². The van der Waals surface area contributed by atoms with Crippen LogP contribution in [0.3, 0.4) is 0 Å². The van der Waals surface area contributed by atoms with E-state index in [2.05, 4.69) is 66.6 Å². The molecular formula is C30H40N2O4. The molecule has 2 aromatic rings. The van der Waals surface area contributed by atoms with E-state index in [0.717, 1.165) is 88.3 Å². The Balaban J connectivity index is 1.37. The number of nitrogens with zero attached hydrogens (tertiary/aromatic N) is 2. The van der Waals surface area contributed by atoms with Gasteiger partial charge in [-0.05, 0) is 65.9 Å². The van der Waals surface area contributed by atoms with E-state index in [1.54, 1.807) is 0 Å². The second-order valence-electron chi connectivity index (χ2n) is 9.40. The fraction of sp³-hybridized carbons (Fsp3) is 0.467. The van der Waals surface area contributed by atoms with Gasteiger partial charge in [0.2, 0.25) is 0 Å². The zero-order valence-corrected chi connectivity index (χ0v) is 21.8. The predicted molar refractivity (Wildman–Crippen MR) is 147 cm³/mol. The number of allylic oxidation sites excluding steroid dienone is 1. The minimum absolute atomic E-state index is 0.668. The van der Waals surface area contributed by atoms with Crippen molar-refractivity contribution in [1.82, 2.24) is 9.80 Å². The van der Waals surface area contributed by atoms with Crippen molar-refractivity contribution in [2.45, 2.75) is 13.8 Å². The molecule has 0 radical (unpaired) electrons. The molecule has 2 aliphatic heterocycles. The minimum Gasteiger partial charge on any atom is -0.492 e. The van der Waals surface area contributed by atoms with Gasteiger partial charge in [0.15, 0.2) is 0 Å². The third kappa shape index (κ3) is 7.68. The quantitative estimate of drug-likeness (QED) is 0.427. The molecule has 0 N–H and O–H groups in total. The first kappa shape index (κ1) is 26.4. The smallest absolute Gasteiger partial charge is 0.120 e. The van der Waals surface area contributed by atoms with Crippen LogP contribution in [-0.4, -0.2) is 88.7 Å². The van der Waals surface area contributed by atoms with E-state index in [1.165, 1.54) is 16.7 Å². The summed E-state index contributed by atoms with van der Waals surface area (Å²) in [5, 5.41) is 0. The van der Waals surface area contributed by atoms with Crippen LogP contribution in [0.15, 0.2) is 43.0 Å². The molecule has 2 aliphatic rings. The molecule has 2 fully saturated rings. The van der Waals surface area contributed by atoms with E-state index in [-0.39, 0.29) is 0 Å². The van der Waals surface area contributed by atoms with Gasteiger partial charge in [-0.15, -0.1) is 0 Å². The number of hydrogen-bond acceptors (Lipinski definition) is 6. The number of rotatable bonds is 11. The van der Waals surface area contributed by atoms with Crippen LogP contribution < -0.4 is 9.47 Å². The Morgan fingerprint density at radius 2 is 1.36 bits per heavy atom. The van der Waals surface area contributed by atoms with Crippen molar-refractivity contribution >= 4 is 17.7 Å². The molecule has 0 aromatic heterocycles. The first-order chi connectivity index (χ1) is 17.6. The third-order valence-electron chi connectivity index (χ3n) is 6.84. The van der Waals surface area contributed by atoms with Gasteiger partial charge in [-0.1, -0.05) is 30.9 Å². The van der Waals surface area contributed by atoms with Gasteiger partial charge in [0.05, 0.1) is 26.4 Å². The lowest BCUT2D eigenvalue weighted by Crippen LogP contribution is -2.38. The maximum absolute atomic E-state index is 6.10. The average molecular weight is 493 g/mol. The van der Waals surface area contributed by atoms with Crippen LogP contribution in [0.2, 0.25) is 0 Å². The first-order valence-corrected chi connectivity index (χ1v) is 13.0. The summed E-state index contributed by atoms with van der Waals surface area (Å²) in [7, 11) is 0. The Labute approximate surface area is 216 Å². The van der Waals surface area contributed by atoms with Gasteiger partial charge in [-0.2, -0.15) is 0 Å². The zero-order valence-electron chi connectivity index (χ0n) is 21.8. The highest BCUT2D eigenvalue weighted by molar-refractivity contribution is 5.85. The number of ether oxygens (including phenoxy) is 4. The summed E-state index contributed by atoms with van der Waals surface area (Å²) in [5.74, 6) is 1.80. The molecular weight excluding hydrogens is 452 g/mol. The second kappa shape index (κ2) is 13.6. The monoisotopic (exact) mass is 492 g/mol. The van der Waals surface area contributed by atoms with Crippen LogP contribution in [-0.2, 0) is 9.47 Å². The van der Waals surface area contributed by atoms with E-state index in [0.29, 0.717) is 13.2 Å². The first-order valence-electron chi connectivity index (χ1n) is 13.0. The number of morpholine rings is 2. The van der Waals surface area contributed by atoms with Crippen molar-refractivity contribution in [3.05, 3.63) is 65.2 Å². The summed E-state index contributed by atoms with van der Waals surface area (Å²) in [5.41, 5.74) is 5.79. The maximum Gasteiger partial charge on any atom is 0.120 e. The van der Waals surface area contributed by atoms with E-state index in [9.17, 15) is 0 Å². The molecule has 2 aromatic carbocycles. The Morgan fingerprint density at radius 3 is 1.89 bits per heavy atom. The number of hydrogen-bond donors (Lipinski definition) is 0. The van der Waals surface area contributed by atoms with Crippen LogP contribution in [0.5, 0.6) is 11.5 Å². The molecule has 0 amide bonds. The summed E-state index contributed by atoms with van der Waals surface area (Å²) in [4.78, 5) is 4.76. The lowest BCUT2D eigenvalue weighted by Gasteiger charge is -2.26. The average Bonchev–Trinajstić information content (AvgIpc) is 2.91. The van der Waals surface area contributed by atoms with Gasteiger partial charge < -0.3 is 18.9 Å². The lowest BCUT2D eigenvalue weighted by atomic mass is 9.97. The second-order valence-corrected chi connectivity index (χ2v) is 9.40.